The van der Waals surface area contributed by atoms with Gasteiger partial charge in [-0.2, -0.15) is 31.4 Å². The number of alkyl halides is 6. The van der Waals surface area contributed by atoms with Gasteiger partial charge in [0.2, 0.25) is 0 Å². The molecule has 0 saturated carbocycles. The van der Waals surface area contributed by atoms with Gasteiger partial charge < -0.3 is 9.84 Å². The first-order valence-electron chi connectivity index (χ1n) is 10.1. The number of hydrogen-bond acceptors (Lipinski definition) is 4. The number of carboxylic acids is 1. The zero-order chi connectivity index (χ0) is 24.6. The van der Waals surface area contributed by atoms with Gasteiger partial charge in [0.05, 0.1) is 35.9 Å². The van der Waals surface area contributed by atoms with E-state index in [1.807, 2.05) is 4.90 Å². The molecule has 0 radical (unpaired) electrons. The Morgan fingerprint density at radius 3 is 2.18 bits per heavy atom. The number of hydrogen-bond donors (Lipinski definition) is 1. The van der Waals surface area contributed by atoms with Crippen molar-refractivity contribution in [2.75, 3.05) is 13.3 Å². The molecule has 1 aromatic heterocycles. The molecular weight excluding hydrogens is 456 g/mol. The molecule has 0 atom stereocenters. The molecular formula is C21H23F6N3O3. The minimum absolute atomic E-state index is 0.0273. The lowest BCUT2D eigenvalue weighted by Crippen LogP contribution is -2.29. The van der Waals surface area contributed by atoms with Crippen LogP contribution >= 0.6 is 0 Å². The summed E-state index contributed by atoms with van der Waals surface area (Å²) in [7, 11) is 0. The summed E-state index contributed by atoms with van der Waals surface area (Å²) in [5.74, 6) is -1.02. The Labute approximate surface area is 185 Å². The van der Waals surface area contributed by atoms with Gasteiger partial charge in [0.15, 0.2) is 0 Å². The van der Waals surface area contributed by atoms with Crippen molar-refractivity contribution in [3.63, 3.8) is 0 Å². The maximum absolute atomic E-state index is 13.0. The fourth-order valence-corrected chi connectivity index (χ4v) is 3.45. The second-order valence-electron chi connectivity index (χ2n) is 8.47. The van der Waals surface area contributed by atoms with Gasteiger partial charge in [0.25, 0.3) is 0 Å². The molecule has 2 heterocycles. The average molecular weight is 479 g/mol. The smallest absolute Gasteiger partial charge is 0.416 e. The molecule has 2 aromatic rings. The summed E-state index contributed by atoms with van der Waals surface area (Å²) in [4.78, 5) is 13.3. The van der Waals surface area contributed by atoms with Crippen molar-refractivity contribution in [2.45, 2.75) is 57.7 Å². The maximum atomic E-state index is 13.0. The molecule has 0 amide bonds. The fourth-order valence-electron chi connectivity index (χ4n) is 3.45. The summed E-state index contributed by atoms with van der Waals surface area (Å²) in [5.41, 5.74) is -3.04. The highest BCUT2D eigenvalue weighted by molar-refractivity contribution is 5.79. The Hall–Kier alpha value is -2.60. The fraction of sp³-hybridized carbons (Fsp3) is 0.524. The Kier molecular flexibility index (Phi) is 6.81. The van der Waals surface area contributed by atoms with E-state index in [1.165, 1.54) is 0 Å². The summed E-state index contributed by atoms with van der Waals surface area (Å²) in [6, 6.07) is 3.06. The van der Waals surface area contributed by atoms with E-state index in [0.717, 1.165) is 5.69 Å². The Balaban J connectivity index is 1.69. The minimum Gasteiger partial charge on any atom is -0.481 e. The van der Waals surface area contributed by atoms with E-state index in [1.54, 1.807) is 24.6 Å². The number of aliphatic carboxylic acids is 1. The van der Waals surface area contributed by atoms with Crippen LogP contribution in [0.2, 0.25) is 0 Å². The lowest BCUT2D eigenvalue weighted by atomic mass is 9.89. The third-order valence-corrected chi connectivity index (χ3v) is 5.46. The van der Waals surface area contributed by atoms with E-state index in [2.05, 4.69) is 5.10 Å². The monoisotopic (exact) mass is 479 g/mol. The van der Waals surface area contributed by atoms with E-state index in [9.17, 15) is 36.2 Å². The first-order valence-corrected chi connectivity index (χ1v) is 10.1. The zero-order valence-corrected chi connectivity index (χ0v) is 17.9. The highest BCUT2D eigenvalue weighted by atomic mass is 19.4. The lowest BCUT2D eigenvalue weighted by molar-refractivity contribution is -0.144. The molecule has 0 aliphatic carbocycles. The van der Waals surface area contributed by atoms with Crippen molar-refractivity contribution in [3.8, 4) is 0 Å². The number of carbonyl (C=O) groups is 1. The number of nitrogens with zero attached hydrogens (tertiary/aromatic N) is 3. The van der Waals surface area contributed by atoms with Crippen molar-refractivity contribution in [3.05, 3.63) is 52.3 Å². The molecule has 182 valence electrons. The molecule has 33 heavy (non-hydrogen) atoms. The normalized spacial score (nSPS) is 15.9. The van der Waals surface area contributed by atoms with Gasteiger partial charge in [-0.25, -0.2) is 0 Å². The number of rotatable bonds is 6. The molecule has 1 aliphatic heterocycles. The zero-order valence-electron chi connectivity index (χ0n) is 17.9. The van der Waals surface area contributed by atoms with Crippen LogP contribution in [0.4, 0.5) is 26.3 Å². The third-order valence-electron chi connectivity index (χ3n) is 5.46. The SMILES string of the molecule is CC(C)(C(=O)O)c1cc2n(n1)CCCN(COCc1cc(C(F)(F)F)cc(C(F)(F)F)c1)C2. The van der Waals surface area contributed by atoms with Crippen molar-refractivity contribution in [1.82, 2.24) is 14.7 Å². The highest BCUT2D eigenvalue weighted by Crippen LogP contribution is 2.36. The molecule has 0 spiro atoms. The quantitative estimate of drug-likeness (QED) is 0.611. The van der Waals surface area contributed by atoms with Gasteiger partial charge in [-0.05, 0) is 50.1 Å². The van der Waals surface area contributed by atoms with E-state index < -0.39 is 41.5 Å². The van der Waals surface area contributed by atoms with E-state index >= 15 is 0 Å². The van der Waals surface area contributed by atoms with Crippen LogP contribution in [-0.4, -0.2) is 39.0 Å². The molecule has 0 saturated heterocycles. The van der Waals surface area contributed by atoms with E-state index in [0.29, 0.717) is 43.9 Å². The predicted octanol–water partition coefficient (Wildman–Crippen LogP) is 4.66. The van der Waals surface area contributed by atoms with Crippen LogP contribution in [0.15, 0.2) is 24.3 Å². The number of carboxylic acid groups (broad SMARTS) is 1. The number of aromatic nitrogens is 2. The summed E-state index contributed by atoms with van der Waals surface area (Å²) in [6.07, 6.45) is -9.17. The summed E-state index contributed by atoms with van der Waals surface area (Å²) >= 11 is 0. The molecule has 1 N–H and O–H groups in total. The lowest BCUT2D eigenvalue weighted by Gasteiger charge is -2.20. The number of fused-ring (bicyclic) bond motifs is 1. The van der Waals surface area contributed by atoms with Crippen LogP contribution in [0.3, 0.4) is 0 Å². The van der Waals surface area contributed by atoms with Gasteiger partial charge in [-0.1, -0.05) is 0 Å². The summed E-state index contributed by atoms with van der Waals surface area (Å²) < 4.78 is 85.2. The van der Waals surface area contributed by atoms with Crippen LogP contribution in [0, 0.1) is 0 Å². The average Bonchev–Trinajstić information content (AvgIpc) is 3.00. The van der Waals surface area contributed by atoms with Crippen molar-refractivity contribution in [1.29, 1.82) is 0 Å². The van der Waals surface area contributed by atoms with Gasteiger partial charge in [0.1, 0.15) is 5.41 Å². The van der Waals surface area contributed by atoms with Crippen molar-refractivity contribution < 1.29 is 41.0 Å². The Morgan fingerprint density at radius 1 is 1.03 bits per heavy atom. The van der Waals surface area contributed by atoms with Gasteiger partial charge in [-0.15, -0.1) is 0 Å². The molecule has 12 heteroatoms. The summed E-state index contributed by atoms with van der Waals surface area (Å²) in [5, 5.41) is 13.8. The molecule has 1 aliphatic rings. The van der Waals surface area contributed by atoms with E-state index in [4.69, 9.17) is 4.74 Å². The topological polar surface area (TPSA) is 67.6 Å². The number of halogens is 6. The van der Waals surface area contributed by atoms with Gasteiger partial charge in [-0.3, -0.25) is 14.4 Å². The minimum atomic E-state index is -4.92. The van der Waals surface area contributed by atoms with Crippen molar-refractivity contribution in [2.24, 2.45) is 0 Å². The third kappa shape index (κ3) is 5.85. The van der Waals surface area contributed by atoms with Crippen molar-refractivity contribution >= 4 is 5.97 Å². The van der Waals surface area contributed by atoms with E-state index in [-0.39, 0.29) is 18.4 Å². The molecule has 0 unspecified atom stereocenters. The second kappa shape index (κ2) is 8.98. The Bertz CT molecular complexity index is 981. The summed E-state index contributed by atoms with van der Waals surface area (Å²) in [6.45, 7) is 4.09. The van der Waals surface area contributed by atoms with Crippen LogP contribution in [0.25, 0.3) is 0 Å². The van der Waals surface area contributed by atoms with Crippen LogP contribution in [-0.2, 0) is 47.0 Å². The first kappa shape index (κ1) is 25.0. The maximum Gasteiger partial charge on any atom is 0.416 e. The molecule has 6 nitrogen and oxygen atoms in total. The molecule has 0 bridgehead atoms. The largest absolute Gasteiger partial charge is 0.481 e. The van der Waals surface area contributed by atoms with Crippen LogP contribution in [0.5, 0.6) is 0 Å². The molecule has 3 rings (SSSR count). The highest BCUT2D eigenvalue weighted by Gasteiger charge is 2.37. The number of benzene rings is 1. The number of ether oxygens (including phenoxy) is 1. The Morgan fingerprint density at radius 2 is 1.64 bits per heavy atom. The predicted molar refractivity (Wildman–Crippen MR) is 104 cm³/mol. The second-order valence-corrected chi connectivity index (χ2v) is 8.47. The number of aryl methyl sites for hydroxylation is 1. The molecule has 0 fully saturated rings. The first-order chi connectivity index (χ1) is 15.2. The molecule has 1 aromatic carbocycles. The van der Waals surface area contributed by atoms with Gasteiger partial charge in [0, 0.05) is 19.6 Å². The van der Waals surface area contributed by atoms with Crippen LogP contribution in [0.1, 0.15) is 48.3 Å². The van der Waals surface area contributed by atoms with Crippen LogP contribution < -0.4 is 0 Å². The standard InChI is InChI=1S/C21H23F6N3O3/c1-19(2,18(31)32)17-9-16-10-29(4-3-5-30(16)28-17)12-33-11-13-6-14(20(22,23)24)8-15(7-13)21(25,26)27/h6-9H,3-5,10-12H2,1-2H3,(H,31,32). The van der Waals surface area contributed by atoms with Gasteiger partial charge >= 0.3 is 18.3 Å².